The van der Waals surface area contributed by atoms with Gasteiger partial charge >= 0.3 is 12.4 Å². The van der Waals surface area contributed by atoms with Crippen LogP contribution in [0.2, 0.25) is 0 Å². The quantitative estimate of drug-likeness (QED) is 0.658. The van der Waals surface area contributed by atoms with Crippen molar-refractivity contribution in [1.82, 2.24) is 0 Å². The Hall–Kier alpha value is -1.70. The van der Waals surface area contributed by atoms with E-state index >= 15 is 0 Å². The highest BCUT2D eigenvalue weighted by molar-refractivity contribution is 7.08. The molecule has 0 radical (unpaired) electrons. The smallest absolute Gasteiger partial charge is 0.419 e. The van der Waals surface area contributed by atoms with Crippen molar-refractivity contribution in [3.8, 4) is 11.5 Å². The van der Waals surface area contributed by atoms with Crippen LogP contribution in [0.1, 0.15) is 11.1 Å². The van der Waals surface area contributed by atoms with Crippen LogP contribution in [0.3, 0.4) is 0 Å². The van der Waals surface area contributed by atoms with E-state index in [1.807, 2.05) is 0 Å². The van der Waals surface area contributed by atoms with Crippen molar-refractivity contribution in [2.45, 2.75) is 12.4 Å². The van der Waals surface area contributed by atoms with Gasteiger partial charge in [-0.25, -0.2) is 0 Å². The summed E-state index contributed by atoms with van der Waals surface area (Å²) < 4.78 is 80.8. The van der Waals surface area contributed by atoms with Crippen LogP contribution in [0.4, 0.5) is 26.3 Å². The molecule has 0 aliphatic rings. The molecule has 1 heterocycles. The summed E-state index contributed by atoms with van der Waals surface area (Å²) >= 11 is 1.15. The Morgan fingerprint density at radius 2 is 1.60 bits per heavy atom. The van der Waals surface area contributed by atoms with Crippen LogP contribution < -0.4 is 4.74 Å². The number of halogens is 6. The van der Waals surface area contributed by atoms with Crippen molar-refractivity contribution < 1.29 is 31.1 Å². The average Bonchev–Trinajstić information content (AvgIpc) is 2.79. The molecule has 2 rings (SSSR count). The van der Waals surface area contributed by atoms with E-state index in [1.54, 1.807) is 0 Å². The van der Waals surface area contributed by atoms with Gasteiger partial charge in [0.2, 0.25) is 0 Å². The first-order chi connectivity index (χ1) is 9.18. The maximum atomic E-state index is 12.7. The fraction of sp³-hybridized carbons (Fsp3) is 0.167. The molecule has 0 saturated heterocycles. The predicted octanol–water partition coefficient (Wildman–Crippen LogP) is 5.58. The molecule has 0 spiro atoms. The van der Waals surface area contributed by atoms with E-state index in [1.165, 1.54) is 16.8 Å². The van der Waals surface area contributed by atoms with Gasteiger partial charge in [-0.15, -0.1) is 11.3 Å². The van der Waals surface area contributed by atoms with E-state index in [0.717, 1.165) is 11.3 Å². The Morgan fingerprint density at radius 1 is 0.900 bits per heavy atom. The lowest BCUT2D eigenvalue weighted by Crippen LogP contribution is -2.10. The first-order valence-electron chi connectivity index (χ1n) is 5.16. The third-order valence-electron chi connectivity index (χ3n) is 2.34. The molecule has 1 aromatic heterocycles. The molecule has 2 aromatic rings. The summed E-state index contributed by atoms with van der Waals surface area (Å²) in [5, 5.41) is 2.93. The Kier molecular flexibility index (Phi) is 3.68. The molecular formula is C12H6F6OS. The van der Waals surface area contributed by atoms with Gasteiger partial charge in [0.25, 0.3) is 0 Å². The summed E-state index contributed by atoms with van der Waals surface area (Å²) in [6, 6.07) is 2.46. The van der Waals surface area contributed by atoms with E-state index in [4.69, 9.17) is 4.74 Å². The van der Waals surface area contributed by atoms with Gasteiger partial charge in [0.15, 0.2) is 0 Å². The van der Waals surface area contributed by atoms with E-state index in [0.29, 0.717) is 18.2 Å². The summed E-state index contributed by atoms with van der Waals surface area (Å²) in [5.74, 6) is -0.814. The van der Waals surface area contributed by atoms with Crippen molar-refractivity contribution in [2.24, 2.45) is 0 Å². The van der Waals surface area contributed by atoms with Gasteiger partial charge in [-0.3, -0.25) is 0 Å². The van der Waals surface area contributed by atoms with Crippen LogP contribution in [-0.2, 0) is 12.4 Å². The number of rotatable bonds is 2. The maximum Gasteiger partial charge on any atom is 0.419 e. The molecule has 0 aliphatic heterocycles. The Balaban J connectivity index is 2.48. The molecule has 0 unspecified atom stereocenters. The van der Waals surface area contributed by atoms with Gasteiger partial charge in [0.1, 0.15) is 11.5 Å². The van der Waals surface area contributed by atoms with Crippen molar-refractivity contribution in [3.05, 3.63) is 46.2 Å². The van der Waals surface area contributed by atoms with Crippen molar-refractivity contribution >= 4 is 11.3 Å². The highest BCUT2D eigenvalue weighted by Crippen LogP contribution is 2.41. The van der Waals surface area contributed by atoms with Gasteiger partial charge in [0.05, 0.1) is 11.1 Å². The fourth-order valence-corrected chi connectivity index (χ4v) is 2.01. The number of benzene rings is 1. The highest BCUT2D eigenvalue weighted by atomic mass is 32.1. The molecule has 8 heteroatoms. The molecule has 0 fully saturated rings. The number of ether oxygens (including phenoxy) is 1. The minimum absolute atomic E-state index is 0.0554. The number of hydrogen-bond acceptors (Lipinski definition) is 2. The van der Waals surface area contributed by atoms with Crippen LogP contribution in [0.25, 0.3) is 0 Å². The SMILES string of the molecule is FC(F)(F)c1ccc(C(F)(F)F)c(Oc2ccsc2)c1. The third-order valence-corrected chi connectivity index (χ3v) is 3.00. The first-order valence-corrected chi connectivity index (χ1v) is 6.11. The predicted molar refractivity (Wildman–Crippen MR) is 60.8 cm³/mol. The molecule has 108 valence electrons. The lowest BCUT2D eigenvalue weighted by Gasteiger charge is -2.15. The van der Waals surface area contributed by atoms with Gasteiger partial charge in [-0.1, -0.05) is 0 Å². The van der Waals surface area contributed by atoms with E-state index in [9.17, 15) is 26.3 Å². The number of alkyl halides is 6. The van der Waals surface area contributed by atoms with Crippen LogP contribution in [0, 0.1) is 0 Å². The largest absolute Gasteiger partial charge is 0.456 e. The van der Waals surface area contributed by atoms with E-state index < -0.39 is 29.2 Å². The summed E-state index contributed by atoms with van der Waals surface area (Å²) in [4.78, 5) is 0. The summed E-state index contributed by atoms with van der Waals surface area (Å²) in [6.45, 7) is 0. The molecular weight excluding hydrogens is 306 g/mol. The topological polar surface area (TPSA) is 9.23 Å². The van der Waals surface area contributed by atoms with Crippen molar-refractivity contribution in [2.75, 3.05) is 0 Å². The molecule has 0 amide bonds. The Bertz CT molecular complexity index is 585. The Morgan fingerprint density at radius 3 is 2.10 bits per heavy atom. The molecule has 0 N–H and O–H groups in total. The van der Waals surface area contributed by atoms with Gasteiger partial charge in [0, 0.05) is 5.38 Å². The zero-order valence-electron chi connectivity index (χ0n) is 9.55. The molecule has 1 nitrogen and oxygen atoms in total. The van der Waals surface area contributed by atoms with Crippen molar-refractivity contribution in [3.63, 3.8) is 0 Å². The molecule has 0 bridgehead atoms. The second-order valence-corrected chi connectivity index (χ2v) is 4.55. The van der Waals surface area contributed by atoms with E-state index in [2.05, 4.69) is 0 Å². The summed E-state index contributed by atoms with van der Waals surface area (Å²) in [5.41, 5.74) is -2.45. The average molecular weight is 312 g/mol. The van der Waals surface area contributed by atoms with Crippen LogP contribution in [0.5, 0.6) is 11.5 Å². The molecule has 0 saturated carbocycles. The third kappa shape index (κ3) is 3.24. The van der Waals surface area contributed by atoms with Gasteiger partial charge in [-0.05, 0) is 29.6 Å². The van der Waals surface area contributed by atoms with Crippen LogP contribution in [-0.4, -0.2) is 0 Å². The van der Waals surface area contributed by atoms with Crippen molar-refractivity contribution in [1.29, 1.82) is 0 Å². The molecule has 0 aliphatic carbocycles. The van der Waals surface area contributed by atoms with Gasteiger partial charge < -0.3 is 4.74 Å². The lowest BCUT2D eigenvalue weighted by atomic mass is 10.1. The maximum absolute atomic E-state index is 12.7. The minimum atomic E-state index is -4.80. The second-order valence-electron chi connectivity index (χ2n) is 3.77. The summed E-state index contributed by atoms with van der Waals surface area (Å²) in [6.07, 6.45) is -9.54. The zero-order chi connectivity index (χ0) is 15.0. The molecule has 1 aromatic carbocycles. The highest BCUT2D eigenvalue weighted by Gasteiger charge is 2.38. The number of thiophene rings is 1. The van der Waals surface area contributed by atoms with Gasteiger partial charge in [-0.2, -0.15) is 26.3 Å². The minimum Gasteiger partial charge on any atom is -0.456 e. The lowest BCUT2D eigenvalue weighted by molar-refractivity contribution is -0.142. The van der Waals surface area contributed by atoms with Crippen LogP contribution >= 0.6 is 11.3 Å². The van der Waals surface area contributed by atoms with Crippen LogP contribution in [0.15, 0.2) is 35.0 Å². The fourth-order valence-electron chi connectivity index (χ4n) is 1.45. The first kappa shape index (κ1) is 14.7. The second kappa shape index (κ2) is 5.01. The number of hydrogen-bond donors (Lipinski definition) is 0. The monoisotopic (exact) mass is 312 g/mol. The normalized spacial score (nSPS) is 12.5. The standard InChI is InChI=1S/C12H6F6OS/c13-11(14,15)7-1-2-9(12(16,17)18)10(5-7)19-8-3-4-20-6-8/h1-6H. The zero-order valence-corrected chi connectivity index (χ0v) is 10.4. The molecule has 20 heavy (non-hydrogen) atoms. The van der Waals surface area contributed by atoms with E-state index in [-0.39, 0.29) is 5.75 Å². The summed E-state index contributed by atoms with van der Waals surface area (Å²) in [7, 11) is 0. The molecule has 0 atom stereocenters. The Labute approximate surface area is 113 Å².